The SMILES string of the molecule is CCC(C)(C)CNCC(O)COC(C)CC(C)C. The van der Waals surface area contributed by atoms with E-state index in [4.69, 9.17) is 4.74 Å². The standard InChI is InChI=1S/C15H33NO2/c1-7-15(5,6)11-16-9-14(17)10-18-13(4)8-12(2)3/h12-14,16-17H,7-11H2,1-6H3. The molecule has 0 radical (unpaired) electrons. The van der Waals surface area contributed by atoms with E-state index in [0.29, 0.717) is 24.5 Å². The molecule has 0 aromatic carbocycles. The molecule has 0 bridgehead atoms. The summed E-state index contributed by atoms with van der Waals surface area (Å²) in [5.74, 6) is 0.639. The minimum Gasteiger partial charge on any atom is -0.389 e. The fourth-order valence-electron chi connectivity index (χ4n) is 1.77. The van der Waals surface area contributed by atoms with Gasteiger partial charge in [-0.25, -0.2) is 0 Å². The number of aliphatic hydroxyl groups is 1. The van der Waals surface area contributed by atoms with Crippen LogP contribution in [0.5, 0.6) is 0 Å². The van der Waals surface area contributed by atoms with E-state index in [1.807, 2.05) is 0 Å². The van der Waals surface area contributed by atoms with Gasteiger partial charge in [-0.3, -0.25) is 0 Å². The van der Waals surface area contributed by atoms with Gasteiger partial charge in [0, 0.05) is 13.1 Å². The molecule has 0 aliphatic carbocycles. The molecule has 0 spiro atoms. The van der Waals surface area contributed by atoms with Crippen molar-refractivity contribution in [1.29, 1.82) is 0 Å². The number of nitrogens with one attached hydrogen (secondary N) is 1. The molecule has 0 aliphatic rings. The molecule has 18 heavy (non-hydrogen) atoms. The van der Waals surface area contributed by atoms with Gasteiger partial charge in [-0.1, -0.05) is 34.6 Å². The lowest BCUT2D eigenvalue weighted by molar-refractivity contribution is -0.00905. The molecule has 0 aliphatic heterocycles. The van der Waals surface area contributed by atoms with Crippen molar-refractivity contribution in [2.24, 2.45) is 11.3 Å². The van der Waals surface area contributed by atoms with Gasteiger partial charge in [0.05, 0.1) is 18.8 Å². The monoisotopic (exact) mass is 259 g/mol. The van der Waals surface area contributed by atoms with Gasteiger partial charge in [0.15, 0.2) is 0 Å². The number of hydrogen-bond acceptors (Lipinski definition) is 3. The first-order chi connectivity index (χ1) is 8.26. The third-order valence-electron chi connectivity index (χ3n) is 3.32. The van der Waals surface area contributed by atoms with Crippen LogP contribution in [0.4, 0.5) is 0 Å². The molecule has 3 heteroatoms. The summed E-state index contributed by atoms with van der Waals surface area (Å²) in [6, 6.07) is 0. The van der Waals surface area contributed by atoms with Crippen molar-refractivity contribution in [3.63, 3.8) is 0 Å². The second-order valence-corrected chi connectivity index (χ2v) is 6.58. The van der Waals surface area contributed by atoms with Gasteiger partial charge in [-0.05, 0) is 31.1 Å². The maximum absolute atomic E-state index is 9.81. The van der Waals surface area contributed by atoms with Crippen molar-refractivity contribution in [2.75, 3.05) is 19.7 Å². The fourth-order valence-corrected chi connectivity index (χ4v) is 1.77. The molecule has 2 N–H and O–H groups in total. The minimum absolute atomic E-state index is 0.228. The topological polar surface area (TPSA) is 41.5 Å². The summed E-state index contributed by atoms with van der Waals surface area (Å²) in [5, 5.41) is 13.1. The van der Waals surface area contributed by atoms with E-state index in [-0.39, 0.29) is 6.10 Å². The lowest BCUT2D eigenvalue weighted by Gasteiger charge is -2.24. The molecule has 0 rings (SSSR count). The Morgan fingerprint density at radius 2 is 1.83 bits per heavy atom. The Hall–Kier alpha value is -0.120. The Kier molecular flexibility index (Phi) is 8.83. The third kappa shape index (κ3) is 9.86. The van der Waals surface area contributed by atoms with Crippen LogP contribution in [0, 0.1) is 11.3 Å². The van der Waals surface area contributed by atoms with Crippen molar-refractivity contribution in [3.8, 4) is 0 Å². The Morgan fingerprint density at radius 1 is 1.22 bits per heavy atom. The molecule has 0 aromatic rings. The van der Waals surface area contributed by atoms with E-state index in [0.717, 1.165) is 19.4 Å². The van der Waals surface area contributed by atoms with Crippen molar-refractivity contribution in [3.05, 3.63) is 0 Å². The Labute approximate surface area is 113 Å². The van der Waals surface area contributed by atoms with E-state index in [1.54, 1.807) is 0 Å². The zero-order valence-corrected chi connectivity index (χ0v) is 13.1. The molecular formula is C15H33NO2. The largest absolute Gasteiger partial charge is 0.389 e. The number of aliphatic hydroxyl groups excluding tert-OH is 1. The van der Waals surface area contributed by atoms with E-state index in [2.05, 4.69) is 46.9 Å². The van der Waals surface area contributed by atoms with E-state index < -0.39 is 6.10 Å². The Morgan fingerprint density at radius 3 is 2.33 bits per heavy atom. The number of hydrogen-bond donors (Lipinski definition) is 2. The average Bonchev–Trinajstić information content (AvgIpc) is 2.25. The zero-order valence-electron chi connectivity index (χ0n) is 13.1. The first-order valence-corrected chi connectivity index (χ1v) is 7.27. The van der Waals surface area contributed by atoms with Crippen LogP contribution in [0.15, 0.2) is 0 Å². The van der Waals surface area contributed by atoms with Crippen molar-refractivity contribution in [2.45, 2.75) is 66.6 Å². The lowest BCUT2D eigenvalue weighted by atomic mass is 9.90. The van der Waals surface area contributed by atoms with Crippen LogP contribution in [-0.4, -0.2) is 37.0 Å². The van der Waals surface area contributed by atoms with E-state index in [1.165, 1.54) is 0 Å². The fraction of sp³-hybridized carbons (Fsp3) is 1.00. The van der Waals surface area contributed by atoms with Gasteiger partial charge in [0.1, 0.15) is 0 Å². The molecule has 0 aromatic heterocycles. The maximum atomic E-state index is 9.81. The van der Waals surface area contributed by atoms with Crippen LogP contribution in [0.25, 0.3) is 0 Å². The van der Waals surface area contributed by atoms with Crippen molar-refractivity contribution in [1.82, 2.24) is 5.32 Å². The highest BCUT2D eigenvalue weighted by Crippen LogP contribution is 2.17. The van der Waals surface area contributed by atoms with Crippen LogP contribution in [0.2, 0.25) is 0 Å². The second kappa shape index (κ2) is 8.89. The summed E-state index contributed by atoms with van der Waals surface area (Å²) in [5.41, 5.74) is 0.297. The van der Waals surface area contributed by atoms with E-state index in [9.17, 15) is 5.11 Å². The molecule has 0 saturated heterocycles. The summed E-state index contributed by atoms with van der Waals surface area (Å²) in [6.07, 6.45) is 2.00. The van der Waals surface area contributed by atoms with Gasteiger partial charge in [-0.2, -0.15) is 0 Å². The molecule has 3 nitrogen and oxygen atoms in total. The highest BCUT2D eigenvalue weighted by Gasteiger charge is 2.15. The Balaban J connectivity index is 3.63. The quantitative estimate of drug-likeness (QED) is 0.634. The van der Waals surface area contributed by atoms with Crippen LogP contribution in [0.3, 0.4) is 0 Å². The third-order valence-corrected chi connectivity index (χ3v) is 3.32. The minimum atomic E-state index is -0.410. The maximum Gasteiger partial charge on any atom is 0.0897 e. The predicted octanol–water partition coefficient (Wildman–Crippen LogP) is 2.82. The molecule has 0 saturated carbocycles. The van der Waals surface area contributed by atoms with Gasteiger partial charge < -0.3 is 15.2 Å². The number of ether oxygens (including phenoxy) is 1. The Bertz CT molecular complexity index is 205. The van der Waals surface area contributed by atoms with Gasteiger partial charge in [0.25, 0.3) is 0 Å². The molecule has 0 heterocycles. The smallest absolute Gasteiger partial charge is 0.0897 e. The van der Waals surface area contributed by atoms with Crippen LogP contribution in [0.1, 0.15) is 54.4 Å². The summed E-state index contributed by atoms with van der Waals surface area (Å²) in [6.45, 7) is 15.1. The van der Waals surface area contributed by atoms with Gasteiger partial charge in [-0.15, -0.1) is 0 Å². The van der Waals surface area contributed by atoms with Gasteiger partial charge >= 0.3 is 0 Å². The summed E-state index contributed by atoms with van der Waals surface area (Å²) < 4.78 is 5.63. The second-order valence-electron chi connectivity index (χ2n) is 6.58. The average molecular weight is 259 g/mol. The first kappa shape index (κ1) is 17.9. The molecule has 110 valence electrons. The van der Waals surface area contributed by atoms with Crippen LogP contribution >= 0.6 is 0 Å². The van der Waals surface area contributed by atoms with Crippen molar-refractivity contribution >= 4 is 0 Å². The summed E-state index contributed by atoms with van der Waals surface area (Å²) in [4.78, 5) is 0. The normalized spacial score (nSPS) is 16.0. The molecule has 2 atom stereocenters. The zero-order chi connectivity index (χ0) is 14.2. The van der Waals surface area contributed by atoms with Crippen molar-refractivity contribution < 1.29 is 9.84 Å². The molecule has 0 amide bonds. The van der Waals surface area contributed by atoms with Crippen LogP contribution in [-0.2, 0) is 4.74 Å². The van der Waals surface area contributed by atoms with E-state index >= 15 is 0 Å². The molecule has 2 unspecified atom stereocenters. The van der Waals surface area contributed by atoms with Crippen LogP contribution < -0.4 is 5.32 Å². The first-order valence-electron chi connectivity index (χ1n) is 7.27. The lowest BCUT2D eigenvalue weighted by Crippen LogP contribution is -2.36. The summed E-state index contributed by atoms with van der Waals surface area (Å²) >= 11 is 0. The highest BCUT2D eigenvalue weighted by atomic mass is 16.5. The summed E-state index contributed by atoms with van der Waals surface area (Å²) in [7, 11) is 0. The highest BCUT2D eigenvalue weighted by molar-refractivity contribution is 4.71. The van der Waals surface area contributed by atoms with Gasteiger partial charge in [0.2, 0.25) is 0 Å². The number of rotatable bonds is 10. The molecular weight excluding hydrogens is 226 g/mol. The predicted molar refractivity (Wildman–Crippen MR) is 77.8 cm³/mol. The molecule has 0 fully saturated rings.